The maximum absolute atomic E-state index is 10.8. The monoisotopic (exact) mass is 198 g/mol. The second-order valence-electron chi connectivity index (χ2n) is 4.05. The summed E-state index contributed by atoms with van der Waals surface area (Å²) in [5.41, 5.74) is -0.279. The first kappa shape index (κ1) is 10.8. The molecular weight excluding hydrogens is 184 g/mol. The smallest absolute Gasteiger partial charge is 0.307 e. The van der Waals surface area contributed by atoms with Crippen molar-refractivity contribution in [3.63, 3.8) is 0 Å². The molecule has 4 nitrogen and oxygen atoms in total. The zero-order chi connectivity index (χ0) is 10.9. The lowest BCUT2D eigenvalue weighted by Crippen LogP contribution is -2.03. The standard InChI is InChI=1S/C10H14O4/c1-10(2)7(8(10)9(12)13)4-6(5-11)14-3/h4-5,7-8H,1-3H3,(H,12,13)/b6-4-/t7-,8-/m0/s1. The van der Waals surface area contributed by atoms with Gasteiger partial charge in [-0.1, -0.05) is 13.8 Å². The molecule has 0 aromatic carbocycles. The van der Waals surface area contributed by atoms with E-state index < -0.39 is 11.9 Å². The number of aliphatic carboxylic acids is 1. The molecule has 1 aliphatic carbocycles. The number of carboxylic acid groups (broad SMARTS) is 1. The van der Waals surface area contributed by atoms with Gasteiger partial charge in [-0.3, -0.25) is 9.59 Å². The molecule has 0 radical (unpaired) electrons. The van der Waals surface area contributed by atoms with Crippen molar-refractivity contribution in [2.75, 3.05) is 7.11 Å². The molecule has 0 heterocycles. The summed E-state index contributed by atoms with van der Waals surface area (Å²) in [5, 5.41) is 8.86. The Morgan fingerprint density at radius 1 is 1.50 bits per heavy atom. The van der Waals surface area contributed by atoms with Crippen molar-refractivity contribution in [2.24, 2.45) is 17.3 Å². The molecule has 2 atom stereocenters. The first-order chi connectivity index (χ1) is 6.45. The van der Waals surface area contributed by atoms with Crippen molar-refractivity contribution in [1.29, 1.82) is 0 Å². The lowest BCUT2D eigenvalue weighted by molar-refractivity contribution is -0.139. The second-order valence-corrected chi connectivity index (χ2v) is 4.05. The summed E-state index contributed by atoms with van der Waals surface area (Å²) < 4.78 is 4.77. The van der Waals surface area contributed by atoms with E-state index in [9.17, 15) is 9.59 Å². The molecule has 78 valence electrons. The molecule has 14 heavy (non-hydrogen) atoms. The fraction of sp³-hybridized carbons (Fsp3) is 0.600. The van der Waals surface area contributed by atoms with E-state index in [-0.39, 0.29) is 17.1 Å². The minimum atomic E-state index is -0.822. The van der Waals surface area contributed by atoms with Crippen molar-refractivity contribution >= 4 is 12.3 Å². The molecule has 0 aromatic rings. The van der Waals surface area contributed by atoms with Gasteiger partial charge in [0.25, 0.3) is 0 Å². The summed E-state index contributed by atoms with van der Waals surface area (Å²) in [5.74, 6) is -1.14. The topological polar surface area (TPSA) is 63.6 Å². The third-order valence-corrected chi connectivity index (χ3v) is 2.87. The summed E-state index contributed by atoms with van der Waals surface area (Å²) >= 11 is 0. The van der Waals surface area contributed by atoms with E-state index in [1.807, 2.05) is 13.8 Å². The molecular formula is C10H14O4. The summed E-state index contributed by atoms with van der Waals surface area (Å²) in [4.78, 5) is 21.2. The SMILES string of the molecule is CO/C(C=O)=C\[C@H]1[C@@H](C(=O)O)C1(C)C. The first-order valence-corrected chi connectivity index (χ1v) is 4.39. The van der Waals surface area contributed by atoms with Crippen LogP contribution in [0, 0.1) is 17.3 Å². The molecule has 4 heteroatoms. The average Bonchev–Trinajstić information content (AvgIpc) is 2.63. The van der Waals surface area contributed by atoms with Crippen LogP contribution < -0.4 is 0 Å². The lowest BCUT2D eigenvalue weighted by Gasteiger charge is -1.98. The number of carbonyl (C=O) groups excluding carboxylic acids is 1. The summed E-state index contributed by atoms with van der Waals surface area (Å²) in [6.07, 6.45) is 2.18. The van der Waals surface area contributed by atoms with Crippen LogP contribution in [-0.2, 0) is 14.3 Å². The van der Waals surface area contributed by atoms with Crippen LogP contribution in [0.2, 0.25) is 0 Å². The van der Waals surface area contributed by atoms with Gasteiger partial charge in [-0.2, -0.15) is 0 Å². The van der Waals surface area contributed by atoms with Crippen LogP contribution in [0.3, 0.4) is 0 Å². The van der Waals surface area contributed by atoms with E-state index in [1.165, 1.54) is 7.11 Å². The molecule has 0 saturated heterocycles. The highest BCUT2D eigenvalue weighted by atomic mass is 16.5. The number of rotatable bonds is 4. The summed E-state index contributed by atoms with van der Waals surface area (Å²) in [6.45, 7) is 3.73. The Bertz CT molecular complexity index is 290. The zero-order valence-corrected chi connectivity index (χ0v) is 8.48. The molecule has 1 N–H and O–H groups in total. The third-order valence-electron chi connectivity index (χ3n) is 2.87. The van der Waals surface area contributed by atoms with Crippen LogP contribution in [0.4, 0.5) is 0 Å². The van der Waals surface area contributed by atoms with Gasteiger partial charge in [0.2, 0.25) is 0 Å². The number of carboxylic acids is 1. The van der Waals surface area contributed by atoms with E-state index in [0.717, 1.165) is 0 Å². The lowest BCUT2D eigenvalue weighted by atomic mass is 10.1. The Morgan fingerprint density at radius 2 is 2.07 bits per heavy atom. The molecule has 1 rings (SSSR count). The molecule has 0 aliphatic heterocycles. The molecule has 0 aromatic heterocycles. The number of hydrogen-bond donors (Lipinski definition) is 1. The van der Waals surface area contributed by atoms with Gasteiger partial charge in [-0.05, 0) is 11.5 Å². The second kappa shape index (κ2) is 3.44. The van der Waals surface area contributed by atoms with Gasteiger partial charge in [0, 0.05) is 5.92 Å². The van der Waals surface area contributed by atoms with E-state index in [0.29, 0.717) is 6.29 Å². The number of ether oxygens (including phenoxy) is 1. The normalized spacial score (nSPS) is 29.5. The van der Waals surface area contributed by atoms with Crippen molar-refractivity contribution in [1.82, 2.24) is 0 Å². The number of aldehydes is 1. The molecule has 0 amide bonds. The zero-order valence-electron chi connectivity index (χ0n) is 8.48. The Morgan fingerprint density at radius 3 is 2.36 bits per heavy atom. The fourth-order valence-corrected chi connectivity index (χ4v) is 1.79. The fourth-order valence-electron chi connectivity index (χ4n) is 1.79. The van der Waals surface area contributed by atoms with Crippen LogP contribution in [0.25, 0.3) is 0 Å². The number of allylic oxidation sites excluding steroid dienone is 2. The van der Waals surface area contributed by atoms with Gasteiger partial charge >= 0.3 is 5.97 Å². The predicted molar refractivity (Wildman–Crippen MR) is 49.6 cm³/mol. The Labute approximate surface area is 82.6 Å². The number of carbonyl (C=O) groups is 2. The third kappa shape index (κ3) is 1.64. The first-order valence-electron chi connectivity index (χ1n) is 4.39. The highest BCUT2D eigenvalue weighted by Crippen LogP contribution is 2.59. The predicted octanol–water partition coefficient (Wildman–Crippen LogP) is 1.07. The van der Waals surface area contributed by atoms with Gasteiger partial charge in [0.15, 0.2) is 12.0 Å². The molecule has 1 fully saturated rings. The van der Waals surface area contributed by atoms with Gasteiger partial charge in [-0.25, -0.2) is 0 Å². The van der Waals surface area contributed by atoms with Crippen LogP contribution in [0.1, 0.15) is 13.8 Å². The van der Waals surface area contributed by atoms with Crippen molar-refractivity contribution in [3.8, 4) is 0 Å². The van der Waals surface area contributed by atoms with Crippen LogP contribution in [0.5, 0.6) is 0 Å². The Balaban J connectivity index is 2.78. The Kier molecular flexibility index (Phi) is 2.64. The quantitative estimate of drug-likeness (QED) is 0.417. The van der Waals surface area contributed by atoms with Gasteiger partial charge < -0.3 is 9.84 Å². The van der Waals surface area contributed by atoms with Gasteiger partial charge in [0.1, 0.15) is 0 Å². The molecule has 0 bridgehead atoms. The number of methoxy groups -OCH3 is 1. The molecule has 1 aliphatic rings. The van der Waals surface area contributed by atoms with Crippen molar-refractivity contribution in [2.45, 2.75) is 13.8 Å². The number of hydrogen-bond acceptors (Lipinski definition) is 3. The van der Waals surface area contributed by atoms with Crippen molar-refractivity contribution in [3.05, 3.63) is 11.8 Å². The van der Waals surface area contributed by atoms with E-state index in [1.54, 1.807) is 6.08 Å². The summed E-state index contributed by atoms with van der Waals surface area (Å²) in [6, 6.07) is 0. The van der Waals surface area contributed by atoms with Gasteiger partial charge in [-0.15, -0.1) is 0 Å². The van der Waals surface area contributed by atoms with E-state index >= 15 is 0 Å². The minimum Gasteiger partial charge on any atom is -0.494 e. The van der Waals surface area contributed by atoms with Crippen LogP contribution in [0.15, 0.2) is 11.8 Å². The minimum absolute atomic E-state index is 0.111. The Hall–Kier alpha value is -1.32. The van der Waals surface area contributed by atoms with Crippen LogP contribution in [-0.4, -0.2) is 24.5 Å². The van der Waals surface area contributed by atoms with Crippen LogP contribution >= 0.6 is 0 Å². The van der Waals surface area contributed by atoms with Crippen molar-refractivity contribution < 1.29 is 19.4 Å². The van der Waals surface area contributed by atoms with E-state index in [2.05, 4.69) is 0 Å². The highest BCUT2D eigenvalue weighted by Gasteiger charge is 2.61. The van der Waals surface area contributed by atoms with Gasteiger partial charge in [0.05, 0.1) is 13.0 Å². The highest BCUT2D eigenvalue weighted by molar-refractivity contribution is 5.77. The molecule has 0 spiro atoms. The molecule has 0 unspecified atom stereocenters. The average molecular weight is 198 g/mol. The largest absolute Gasteiger partial charge is 0.494 e. The maximum atomic E-state index is 10.8. The van der Waals surface area contributed by atoms with E-state index in [4.69, 9.17) is 9.84 Å². The summed E-state index contributed by atoms with van der Waals surface area (Å²) in [7, 11) is 1.39. The maximum Gasteiger partial charge on any atom is 0.307 e. The molecule has 1 saturated carbocycles.